The van der Waals surface area contributed by atoms with Crippen LogP contribution in [0.1, 0.15) is 16.7 Å². The molecule has 7 heteroatoms. The molecule has 1 aromatic heterocycles. The fraction of sp³-hybridized carbons (Fsp3) is 0.150. The highest BCUT2D eigenvalue weighted by molar-refractivity contribution is 7.92. The van der Waals surface area contributed by atoms with Gasteiger partial charge < -0.3 is 5.32 Å². The molecule has 5 nitrogen and oxygen atoms in total. The van der Waals surface area contributed by atoms with Gasteiger partial charge in [-0.2, -0.15) is 0 Å². The maximum atomic E-state index is 13.4. The van der Waals surface area contributed by atoms with Crippen LogP contribution >= 0.6 is 0 Å². The van der Waals surface area contributed by atoms with E-state index >= 15 is 0 Å². The fourth-order valence-corrected chi connectivity index (χ4v) is 3.62. The van der Waals surface area contributed by atoms with Crippen molar-refractivity contribution in [2.24, 2.45) is 0 Å². The van der Waals surface area contributed by atoms with E-state index in [4.69, 9.17) is 0 Å². The highest BCUT2D eigenvalue weighted by Gasteiger charge is 2.15. The molecule has 0 amide bonds. The van der Waals surface area contributed by atoms with Crippen LogP contribution in [0.25, 0.3) is 0 Å². The Morgan fingerprint density at radius 2 is 1.59 bits per heavy atom. The van der Waals surface area contributed by atoms with Crippen LogP contribution in [0.3, 0.4) is 0 Å². The molecule has 27 heavy (non-hydrogen) atoms. The smallest absolute Gasteiger partial charge is 0.261 e. The summed E-state index contributed by atoms with van der Waals surface area (Å²) in [7, 11) is -3.81. The van der Waals surface area contributed by atoms with Crippen molar-refractivity contribution in [3.05, 3.63) is 77.2 Å². The number of nitrogens with one attached hydrogen (secondary N) is 2. The molecule has 0 radical (unpaired) electrons. The third kappa shape index (κ3) is 4.43. The van der Waals surface area contributed by atoms with E-state index in [-0.39, 0.29) is 10.5 Å². The zero-order chi connectivity index (χ0) is 19.6. The van der Waals surface area contributed by atoms with Gasteiger partial charge in [-0.1, -0.05) is 6.07 Å². The predicted molar refractivity (Wildman–Crippen MR) is 105 cm³/mol. The SMILES string of the molecule is Cc1ccc(Nc2ccc(NS(=O)(=O)c3ccc(F)c(C)c3)cn2)cc1C. The minimum atomic E-state index is -3.81. The Morgan fingerprint density at radius 1 is 0.852 bits per heavy atom. The van der Waals surface area contributed by atoms with Crippen LogP contribution in [-0.4, -0.2) is 13.4 Å². The average Bonchev–Trinajstić information content (AvgIpc) is 2.62. The summed E-state index contributed by atoms with van der Waals surface area (Å²) in [5.41, 5.74) is 3.86. The van der Waals surface area contributed by atoms with E-state index < -0.39 is 15.8 Å². The van der Waals surface area contributed by atoms with Gasteiger partial charge in [0.05, 0.1) is 16.8 Å². The largest absolute Gasteiger partial charge is 0.340 e. The van der Waals surface area contributed by atoms with E-state index in [1.54, 1.807) is 12.1 Å². The number of nitrogens with zero attached hydrogens (tertiary/aromatic N) is 1. The summed E-state index contributed by atoms with van der Waals surface area (Å²) in [5, 5.41) is 3.18. The number of hydrogen-bond donors (Lipinski definition) is 2. The lowest BCUT2D eigenvalue weighted by molar-refractivity contribution is 0.598. The molecule has 0 saturated carbocycles. The van der Waals surface area contributed by atoms with E-state index in [9.17, 15) is 12.8 Å². The van der Waals surface area contributed by atoms with Gasteiger partial charge in [-0.05, 0) is 79.9 Å². The first-order valence-electron chi connectivity index (χ1n) is 8.34. The number of aryl methyl sites for hydroxylation is 3. The number of sulfonamides is 1. The maximum absolute atomic E-state index is 13.4. The van der Waals surface area contributed by atoms with E-state index in [0.717, 1.165) is 11.8 Å². The van der Waals surface area contributed by atoms with Crippen molar-refractivity contribution in [3.8, 4) is 0 Å². The van der Waals surface area contributed by atoms with Crippen molar-refractivity contribution in [1.29, 1.82) is 0 Å². The second-order valence-corrected chi connectivity index (χ2v) is 8.06. The van der Waals surface area contributed by atoms with Gasteiger partial charge in [0, 0.05) is 5.69 Å². The Bertz CT molecular complexity index is 1080. The topological polar surface area (TPSA) is 71.1 Å². The van der Waals surface area contributed by atoms with Gasteiger partial charge in [0.1, 0.15) is 11.6 Å². The number of rotatable bonds is 5. The molecule has 2 aromatic carbocycles. The van der Waals surface area contributed by atoms with Crippen LogP contribution < -0.4 is 10.0 Å². The monoisotopic (exact) mass is 385 g/mol. The van der Waals surface area contributed by atoms with Crippen molar-refractivity contribution in [2.75, 3.05) is 10.0 Å². The molecule has 0 bridgehead atoms. The normalized spacial score (nSPS) is 11.3. The summed E-state index contributed by atoms with van der Waals surface area (Å²) in [4.78, 5) is 4.24. The fourth-order valence-electron chi connectivity index (χ4n) is 2.49. The van der Waals surface area contributed by atoms with Crippen LogP contribution in [0.2, 0.25) is 0 Å². The summed E-state index contributed by atoms with van der Waals surface area (Å²) in [6, 6.07) is 13.0. The maximum Gasteiger partial charge on any atom is 0.261 e. The van der Waals surface area contributed by atoms with Crippen molar-refractivity contribution in [3.63, 3.8) is 0 Å². The van der Waals surface area contributed by atoms with E-state index in [1.807, 2.05) is 32.0 Å². The number of aromatic nitrogens is 1. The highest BCUT2D eigenvalue weighted by atomic mass is 32.2. The van der Waals surface area contributed by atoms with Crippen LogP contribution in [0.4, 0.5) is 21.6 Å². The molecule has 0 unspecified atom stereocenters. The van der Waals surface area contributed by atoms with Crippen molar-refractivity contribution >= 4 is 27.2 Å². The molecule has 0 saturated heterocycles. The van der Waals surface area contributed by atoms with Crippen LogP contribution in [0.15, 0.2) is 59.6 Å². The van der Waals surface area contributed by atoms with E-state index in [1.165, 1.54) is 36.4 Å². The third-order valence-corrected chi connectivity index (χ3v) is 5.61. The summed E-state index contributed by atoms with van der Waals surface area (Å²) in [6.45, 7) is 5.59. The lowest BCUT2D eigenvalue weighted by atomic mass is 10.1. The molecule has 0 aliphatic heterocycles. The Balaban J connectivity index is 1.74. The molecule has 3 rings (SSSR count). The Labute approximate surface area is 158 Å². The Hall–Kier alpha value is -2.93. The molecule has 0 aliphatic carbocycles. The molecule has 2 N–H and O–H groups in total. The lowest BCUT2D eigenvalue weighted by Gasteiger charge is -2.11. The summed E-state index contributed by atoms with van der Waals surface area (Å²) >= 11 is 0. The predicted octanol–water partition coefficient (Wildman–Crippen LogP) is 4.69. The number of benzene rings is 2. The Kier molecular flexibility index (Phi) is 5.14. The van der Waals surface area contributed by atoms with Gasteiger partial charge >= 0.3 is 0 Å². The summed E-state index contributed by atoms with van der Waals surface area (Å²) in [6.07, 6.45) is 1.43. The number of pyridine rings is 1. The van der Waals surface area contributed by atoms with Gasteiger partial charge in [-0.25, -0.2) is 17.8 Å². The molecule has 3 aromatic rings. The van der Waals surface area contributed by atoms with E-state index in [0.29, 0.717) is 11.5 Å². The minimum Gasteiger partial charge on any atom is -0.340 e. The zero-order valence-corrected chi connectivity index (χ0v) is 16.1. The molecule has 0 spiro atoms. The third-order valence-electron chi connectivity index (χ3n) is 4.23. The minimum absolute atomic E-state index is 0.00117. The first-order valence-corrected chi connectivity index (χ1v) is 9.82. The van der Waals surface area contributed by atoms with Crippen molar-refractivity contribution in [1.82, 2.24) is 4.98 Å². The molecular weight excluding hydrogens is 365 g/mol. The summed E-state index contributed by atoms with van der Waals surface area (Å²) in [5.74, 6) is 0.149. The van der Waals surface area contributed by atoms with Crippen LogP contribution in [0.5, 0.6) is 0 Å². The van der Waals surface area contributed by atoms with Crippen LogP contribution in [0, 0.1) is 26.6 Å². The zero-order valence-electron chi connectivity index (χ0n) is 15.2. The van der Waals surface area contributed by atoms with E-state index in [2.05, 4.69) is 15.0 Å². The average molecular weight is 385 g/mol. The number of anilines is 3. The lowest BCUT2D eigenvalue weighted by Crippen LogP contribution is -2.13. The first kappa shape index (κ1) is 18.8. The molecule has 0 aliphatic rings. The standard InChI is InChI=1S/C20H20FN3O2S/c1-13-4-5-16(10-14(13)2)23-20-9-6-17(12-22-20)24-27(25,26)18-7-8-19(21)15(3)11-18/h4-12,24H,1-3H3,(H,22,23). The second-order valence-electron chi connectivity index (χ2n) is 6.37. The quantitative estimate of drug-likeness (QED) is 0.668. The second kappa shape index (κ2) is 7.36. The van der Waals surface area contributed by atoms with Crippen LogP contribution in [-0.2, 0) is 10.0 Å². The van der Waals surface area contributed by atoms with Crippen molar-refractivity contribution < 1.29 is 12.8 Å². The molecule has 1 heterocycles. The van der Waals surface area contributed by atoms with Gasteiger partial charge in [-0.15, -0.1) is 0 Å². The summed E-state index contributed by atoms with van der Waals surface area (Å²) < 4.78 is 40.7. The first-order chi connectivity index (χ1) is 12.7. The van der Waals surface area contributed by atoms with Gasteiger partial charge in [0.2, 0.25) is 0 Å². The Morgan fingerprint density at radius 3 is 2.22 bits per heavy atom. The van der Waals surface area contributed by atoms with Gasteiger partial charge in [0.25, 0.3) is 10.0 Å². The number of hydrogen-bond acceptors (Lipinski definition) is 4. The van der Waals surface area contributed by atoms with Gasteiger partial charge in [-0.3, -0.25) is 4.72 Å². The number of halogens is 1. The molecular formula is C20H20FN3O2S. The highest BCUT2D eigenvalue weighted by Crippen LogP contribution is 2.21. The molecule has 0 fully saturated rings. The van der Waals surface area contributed by atoms with Crippen molar-refractivity contribution in [2.45, 2.75) is 25.7 Å². The molecule has 0 atom stereocenters. The van der Waals surface area contributed by atoms with Gasteiger partial charge in [0.15, 0.2) is 0 Å². The molecule has 140 valence electrons.